The fourth-order valence-electron chi connectivity index (χ4n) is 4.26. The third kappa shape index (κ3) is 7.23. The molecule has 1 amide bonds. The number of nitrogens with zero attached hydrogens (tertiary/aromatic N) is 1. The van der Waals surface area contributed by atoms with E-state index < -0.39 is 5.91 Å². The Hall–Kier alpha value is -4.38. The lowest BCUT2D eigenvalue weighted by molar-refractivity contribution is -0.112. The van der Waals surface area contributed by atoms with Crippen molar-refractivity contribution in [1.82, 2.24) is 0 Å². The molecule has 202 valence electrons. The predicted molar refractivity (Wildman–Crippen MR) is 170 cm³/mol. The topological polar surface area (TPSA) is 71.3 Å². The van der Waals surface area contributed by atoms with Crippen molar-refractivity contribution in [3.05, 3.63) is 140 Å². The van der Waals surface area contributed by atoms with E-state index in [0.29, 0.717) is 44.9 Å². The van der Waals surface area contributed by atoms with Gasteiger partial charge < -0.3 is 14.8 Å². The van der Waals surface area contributed by atoms with E-state index in [1.54, 1.807) is 24.3 Å². The van der Waals surface area contributed by atoms with Crippen molar-refractivity contribution >= 4 is 60.3 Å². The lowest BCUT2D eigenvalue weighted by Gasteiger charge is -2.13. The van der Waals surface area contributed by atoms with Crippen molar-refractivity contribution in [1.29, 1.82) is 5.26 Å². The fraction of sp³-hybridized carbons (Fsp3) is 0.0588. The number of carbonyl (C=O) groups excluding carboxylic acids is 1. The number of nitrogens with one attached hydrogen (secondary N) is 1. The largest absolute Gasteiger partial charge is 0.489 e. The van der Waals surface area contributed by atoms with Crippen LogP contribution in [0.3, 0.4) is 0 Å². The van der Waals surface area contributed by atoms with Crippen LogP contribution in [0.4, 0.5) is 5.69 Å². The summed E-state index contributed by atoms with van der Waals surface area (Å²) in [5.41, 5.74) is 3.33. The maximum absolute atomic E-state index is 12.9. The van der Waals surface area contributed by atoms with Gasteiger partial charge in [-0.1, -0.05) is 72.8 Å². The number of halogens is 2. The SMILES string of the molecule is N#C/C(=C\c1cc(Br)c(OCc2cccc3ccccc23)c(Br)c1)C(=O)Nc1ccc(OCc2ccccc2)cc1. The molecular formula is C34H24Br2N2O3. The van der Waals surface area contributed by atoms with E-state index in [1.807, 2.05) is 72.8 Å². The monoisotopic (exact) mass is 666 g/mol. The summed E-state index contributed by atoms with van der Waals surface area (Å²) in [5.74, 6) is 0.807. The summed E-state index contributed by atoms with van der Waals surface area (Å²) in [4.78, 5) is 12.9. The standard InChI is InChI=1S/C34H24Br2N2O3/c35-31-18-24(19-32(36)33(31)41-22-26-11-6-10-25-9-4-5-12-30(25)26)17-27(20-37)34(39)38-28-13-15-29(16-14-28)40-21-23-7-2-1-3-8-23/h1-19H,21-22H2,(H,38,39)/b27-17+. The van der Waals surface area contributed by atoms with E-state index in [1.165, 1.54) is 6.08 Å². The van der Waals surface area contributed by atoms with Gasteiger partial charge in [-0.3, -0.25) is 4.79 Å². The number of rotatable bonds is 9. The average molecular weight is 668 g/mol. The number of amides is 1. The van der Waals surface area contributed by atoms with Crippen molar-refractivity contribution in [3.63, 3.8) is 0 Å². The fourth-order valence-corrected chi connectivity index (χ4v) is 5.71. The van der Waals surface area contributed by atoms with Crippen LogP contribution in [0.25, 0.3) is 16.8 Å². The van der Waals surface area contributed by atoms with Crippen LogP contribution in [-0.2, 0) is 18.0 Å². The maximum Gasteiger partial charge on any atom is 0.266 e. The zero-order chi connectivity index (χ0) is 28.6. The van der Waals surface area contributed by atoms with Crippen LogP contribution in [0, 0.1) is 11.3 Å². The first-order valence-corrected chi connectivity index (χ1v) is 14.4. The summed E-state index contributed by atoms with van der Waals surface area (Å²) >= 11 is 7.16. The average Bonchev–Trinajstić information content (AvgIpc) is 2.99. The molecule has 0 atom stereocenters. The molecule has 5 aromatic carbocycles. The summed E-state index contributed by atoms with van der Waals surface area (Å²) in [6, 6.07) is 36.8. The van der Waals surface area contributed by atoms with Crippen LogP contribution < -0.4 is 14.8 Å². The lowest BCUT2D eigenvalue weighted by Crippen LogP contribution is -2.13. The highest BCUT2D eigenvalue weighted by Gasteiger charge is 2.14. The molecule has 0 bridgehead atoms. The molecule has 0 aliphatic rings. The number of benzene rings is 5. The van der Waals surface area contributed by atoms with Crippen molar-refractivity contribution in [2.75, 3.05) is 5.32 Å². The number of nitriles is 1. The van der Waals surface area contributed by atoms with Gasteiger partial charge in [0, 0.05) is 5.69 Å². The normalized spacial score (nSPS) is 11.1. The molecule has 0 unspecified atom stereocenters. The second-order valence-electron chi connectivity index (χ2n) is 9.16. The highest BCUT2D eigenvalue weighted by Crippen LogP contribution is 2.36. The number of hydrogen-bond donors (Lipinski definition) is 1. The van der Waals surface area contributed by atoms with Gasteiger partial charge in [-0.05, 0) is 102 Å². The van der Waals surface area contributed by atoms with Crippen LogP contribution in [0.2, 0.25) is 0 Å². The Labute approximate surface area is 255 Å². The Morgan fingerprint density at radius 1 is 0.805 bits per heavy atom. The molecule has 5 aromatic rings. The molecule has 0 radical (unpaired) electrons. The van der Waals surface area contributed by atoms with Gasteiger partial charge in [0.1, 0.15) is 36.4 Å². The van der Waals surface area contributed by atoms with Crippen LogP contribution >= 0.6 is 31.9 Å². The van der Waals surface area contributed by atoms with E-state index in [4.69, 9.17) is 9.47 Å². The Kier molecular flexibility index (Phi) is 9.15. The Bertz CT molecular complexity index is 1730. The van der Waals surface area contributed by atoms with Crippen LogP contribution in [0.15, 0.2) is 124 Å². The second-order valence-corrected chi connectivity index (χ2v) is 10.9. The predicted octanol–water partition coefficient (Wildman–Crippen LogP) is 9.07. The quantitative estimate of drug-likeness (QED) is 0.126. The van der Waals surface area contributed by atoms with Gasteiger partial charge in [-0.15, -0.1) is 0 Å². The summed E-state index contributed by atoms with van der Waals surface area (Å²) in [6.07, 6.45) is 1.54. The molecule has 5 nitrogen and oxygen atoms in total. The molecule has 0 fully saturated rings. The zero-order valence-corrected chi connectivity index (χ0v) is 25.0. The molecule has 0 heterocycles. The molecule has 1 N–H and O–H groups in total. The van der Waals surface area contributed by atoms with Gasteiger partial charge >= 0.3 is 0 Å². The van der Waals surface area contributed by atoms with Crippen molar-refractivity contribution in [2.45, 2.75) is 13.2 Å². The van der Waals surface area contributed by atoms with Crippen LogP contribution in [0.5, 0.6) is 11.5 Å². The molecular weight excluding hydrogens is 644 g/mol. The maximum atomic E-state index is 12.9. The van der Waals surface area contributed by atoms with Crippen LogP contribution in [-0.4, -0.2) is 5.91 Å². The van der Waals surface area contributed by atoms with Crippen molar-refractivity contribution in [3.8, 4) is 17.6 Å². The first kappa shape index (κ1) is 28.2. The zero-order valence-electron chi connectivity index (χ0n) is 21.8. The van der Waals surface area contributed by atoms with E-state index in [2.05, 4.69) is 55.4 Å². The smallest absolute Gasteiger partial charge is 0.266 e. The van der Waals surface area contributed by atoms with Gasteiger partial charge in [0.05, 0.1) is 8.95 Å². The third-order valence-electron chi connectivity index (χ3n) is 6.31. The van der Waals surface area contributed by atoms with Crippen molar-refractivity contribution < 1.29 is 14.3 Å². The molecule has 5 rings (SSSR count). The summed E-state index contributed by atoms with van der Waals surface area (Å²) in [7, 11) is 0. The molecule has 0 aliphatic heterocycles. The van der Waals surface area contributed by atoms with Crippen LogP contribution in [0.1, 0.15) is 16.7 Å². The molecule has 0 aromatic heterocycles. The lowest BCUT2D eigenvalue weighted by atomic mass is 10.1. The Morgan fingerprint density at radius 2 is 1.49 bits per heavy atom. The summed E-state index contributed by atoms with van der Waals surface area (Å²) in [5, 5.41) is 14.8. The van der Waals surface area contributed by atoms with Gasteiger partial charge in [0.2, 0.25) is 0 Å². The Balaban J connectivity index is 1.24. The number of carbonyl (C=O) groups is 1. The van der Waals surface area contributed by atoms with E-state index in [9.17, 15) is 10.1 Å². The van der Waals surface area contributed by atoms with Gasteiger partial charge in [0.25, 0.3) is 5.91 Å². The Morgan fingerprint density at radius 3 is 2.22 bits per heavy atom. The third-order valence-corrected chi connectivity index (χ3v) is 7.49. The molecule has 0 saturated carbocycles. The molecule has 0 saturated heterocycles. The number of fused-ring (bicyclic) bond motifs is 1. The highest BCUT2D eigenvalue weighted by atomic mass is 79.9. The minimum atomic E-state index is -0.506. The van der Waals surface area contributed by atoms with E-state index in [0.717, 1.165) is 21.9 Å². The summed E-state index contributed by atoms with van der Waals surface area (Å²) < 4.78 is 13.3. The molecule has 0 spiro atoms. The molecule has 7 heteroatoms. The van der Waals surface area contributed by atoms with E-state index >= 15 is 0 Å². The first-order chi connectivity index (χ1) is 20.0. The molecule has 41 heavy (non-hydrogen) atoms. The minimum absolute atomic E-state index is 0.0300. The minimum Gasteiger partial charge on any atom is -0.489 e. The number of ether oxygens (including phenoxy) is 2. The van der Waals surface area contributed by atoms with Gasteiger partial charge in [-0.2, -0.15) is 5.26 Å². The summed E-state index contributed by atoms with van der Waals surface area (Å²) in [6.45, 7) is 0.835. The number of anilines is 1. The molecule has 0 aliphatic carbocycles. The van der Waals surface area contributed by atoms with Crippen molar-refractivity contribution in [2.24, 2.45) is 0 Å². The second kappa shape index (κ2) is 13.3. The van der Waals surface area contributed by atoms with Gasteiger partial charge in [0.15, 0.2) is 0 Å². The highest BCUT2D eigenvalue weighted by molar-refractivity contribution is 9.11. The number of hydrogen-bond acceptors (Lipinski definition) is 4. The van der Waals surface area contributed by atoms with Gasteiger partial charge in [-0.25, -0.2) is 0 Å². The van der Waals surface area contributed by atoms with E-state index in [-0.39, 0.29) is 5.57 Å². The first-order valence-electron chi connectivity index (χ1n) is 12.8.